The molecule has 0 unspecified atom stereocenters. The number of benzene rings is 2. The number of anilines is 3. The smallest absolute Gasteiger partial charge is 0.230 e. The van der Waals surface area contributed by atoms with Crippen molar-refractivity contribution in [2.45, 2.75) is 64.5 Å². The van der Waals surface area contributed by atoms with Crippen LogP contribution in [0.1, 0.15) is 73.3 Å². The number of hydrogen-bond donors (Lipinski definition) is 3. The Hall–Kier alpha value is -4.24. The summed E-state index contributed by atoms with van der Waals surface area (Å²) in [5, 5.41) is 11.5. The van der Waals surface area contributed by atoms with Crippen molar-refractivity contribution in [1.82, 2.24) is 19.6 Å². The summed E-state index contributed by atoms with van der Waals surface area (Å²) >= 11 is 0. The maximum atomic E-state index is 12.5. The lowest BCUT2D eigenvalue weighted by molar-refractivity contribution is -0.117. The van der Waals surface area contributed by atoms with Gasteiger partial charge in [0.2, 0.25) is 17.8 Å². The summed E-state index contributed by atoms with van der Waals surface area (Å²) in [6, 6.07) is 14.9. The number of rotatable bonds is 8. The van der Waals surface area contributed by atoms with E-state index in [0.29, 0.717) is 18.4 Å². The summed E-state index contributed by atoms with van der Waals surface area (Å²) in [7, 11) is 0. The van der Waals surface area contributed by atoms with E-state index in [-0.39, 0.29) is 17.9 Å². The van der Waals surface area contributed by atoms with Crippen LogP contribution in [-0.4, -0.2) is 44.6 Å². The molecule has 3 aliphatic rings. The van der Waals surface area contributed by atoms with E-state index in [1.165, 1.54) is 27.8 Å². The van der Waals surface area contributed by atoms with Crippen LogP contribution < -0.4 is 21.3 Å². The topological polar surface area (TPSA) is 113 Å². The van der Waals surface area contributed by atoms with Crippen molar-refractivity contribution in [2.24, 2.45) is 11.7 Å². The molecule has 0 spiro atoms. The molecule has 0 radical (unpaired) electrons. The number of piperidine rings is 1. The first-order valence-corrected chi connectivity index (χ1v) is 15.2. The Balaban J connectivity index is 1.16. The third kappa shape index (κ3) is 5.13. The van der Waals surface area contributed by atoms with Gasteiger partial charge in [0, 0.05) is 49.3 Å². The lowest BCUT2D eigenvalue weighted by Crippen LogP contribution is -2.40. The summed E-state index contributed by atoms with van der Waals surface area (Å²) in [5.74, 6) is 2.02. The average Bonchev–Trinajstić information content (AvgIpc) is 3.61. The van der Waals surface area contributed by atoms with Gasteiger partial charge in [-0.25, -0.2) is 0 Å². The second-order valence-electron chi connectivity index (χ2n) is 12.2. The Labute approximate surface area is 246 Å². The molecule has 9 heteroatoms. The molecule has 216 valence electrons. The van der Waals surface area contributed by atoms with Gasteiger partial charge in [-0.3, -0.25) is 4.79 Å². The van der Waals surface area contributed by atoms with Crippen molar-refractivity contribution in [3.8, 4) is 0 Å². The zero-order valence-electron chi connectivity index (χ0n) is 24.3. The zero-order chi connectivity index (χ0) is 28.8. The van der Waals surface area contributed by atoms with Gasteiger partial charge in [-0.15, -0.1) is 0 Å². The number of allylic oxidation sites excluding steroid dienone is 1. The van der Waals surface area contributed by atoms with Crippen LogP contribution in [0.3, 0.4) is 0 Å². The third-order valence-corrected chi connectivity index (χ3v) is 8.74. The number of aromatic nitrogens is 4. The highest BCUT2D eigenvalue weighted by molar-refractivity contribution is 5.98. The predicted octanol–water partition coefficient (Wildman–Crippen LogP) is 5.23. The van der Waals surface area contributed by atoms with E-state index in [1.807, 2.05) is 22.8 Å². The molecule has 1 amide bonds. The van der Waals surface area contributed by atoms with Crippen LogP contribution in [0.2, 0.25) is 0 Å². The molecular formula is C33H38N8O. The van der Waals surface area contributed by atoms with Crippen LogP contribution >= 0.6 is 0 Å². The maximum absolute atomic E-state index is 12.5. The monoisotopic (exact) mass is 562 g/mol. The van der Waals surface area contributed by atoms with Gasteiger partial charge in [0.05, 0.1) is 6.20 Å². The molecule has 1 aliphatic heterocycles. The Morgan fingerprint density at radius 1 is 1.05 bits per heavy atom. The van der Waals surface area contributed by atoms with Crippen molar-refractivity contribution in [1.29, 1.82) is 0 Å². The fourth-order valence-corrected chi connectivity index (χ4v) is 6.04. The Morgan fingerprint density at radius 3 is 2.64 bits per heavy atom. The lowest BCUT2D eigenvalue weighted by atomic mass is 9.97. The minimum absolute atomic E-state index is 0.142. The molecule has 4 N–H and O–H groups in total. The van der Waals surface area contributed by atoms with E-state index in [2.05, 4.69) is 70.9 Å². The number of fused-ring (bicyclic) bond motifs is 2. The standard InChI is InChI=1S/C33H38N8O/c1-20(2)28-19-36-41-30(28)38-33(40-14-12-25(34)13-15-40)39-32(41)35-18-23-6-3-4-8-26(23)24-16-22-7-5-9-29(27(22)17-24)37-31(42)21-10-11-21/h3-9,16,19-21,25H,10-15,17-18,34H2,1-2H3,(H,37,42)(H,35,38,39). The van der Waals surface area contributed by atoms with Crippen molar-refractivity contribution in [3.05, 3.63) is 76.5 Å². The number of carbonyl (C=O) groups excluding carboxylic acids is 1. The average molecular weight is 563 g/mol. The fourth-order valence-electron chi connectivity index (χ4n) is 6.04. The van der Waals surface area contributed by atoms with Crippen LogP contribution in [0.4, 0.5) is 17.6 Å². The van der Waals surface area contributed by atoms with E-state index in [0.717, 1.165) is 68.0 Å². The summed E-state index contributed by atoms with van der Waals surface area (Å²) in [6.07, 6.45) is 8.80. The lowest BCUT2D eigenvalue weighted by Gasteiger charge is -2.30. The molecule has 3 heterocycles. The number of amides is 1. The first-order chi connectivity index (χ1) is 20.4. The molecule has 0 atom stereocenters. The van der Waals surface area contributed by atoms with E-state index < -0.39 is 0 Å². The first-order valence-electron chi connectivity index (χ1n) is 15.2. The predicted molar refractivity (Wildman–Crippen MR) is 167 cm³/mol. The molecule has 7 rings (SSSR count). The van der Waals surface area contributed by atoms with Gasteiger partial charge in [0.15, 0.2) is 5.65 Å². The van der Waals surface area contributed by atoms with Gasteiger partial charge in [-0.05, 0) is 65.5 Å². The molecule has 2 fully saturated rings. The van der Waals surface area contributed by atoms with Crippen molar-refractivity contribution >= 4 is 40.8 Å². The summed E-state index contributed by atoms with van der Waals surface area (Å²) in [4.78, 5) is 24.7. The van der Waals surface area contributed by atoms with E-state index in [1.54, 1.807) is 0 Å². The number of hydrogen-bond acceptors (Lipinski definition) is 7. The second-order valence-corrected chi connectivity index (χ2v) is 12.2. The van der Waals surface area contributed by atoms with Gasteiger partial charge in [-0.1, -0.05) is 56.3 Å². The van der Waals surface area contributed by atoms with Crippen LogP contribution in [-0.2, 0) is 17.8 Å². The van der Waals surface area contributed by atoms with Crippen molar-refractivity contribution in [3.63, 3.8) is 0 Å². The van der Waals surface area contributed by atoms with E-state index in [4.69, 9.17) is 15.7 Å². The number of nitrogens with zero attached hydrogens (tertiary/aromatic N) is 5. The van der Waals surface area contributed by atoms with Crippen LogP contribution in [0, 0.1) is 5.92 Å². The molecule has 4 aromatic rings. The van der Waals surface area contributed by atoms with Gasteiger partial charge in [0.1, 0.15) is 0 Å². The molecule has 2 aliphatic carbocycles. The highest BCUT2D eigenvalue weighted by Crippen LogP contribution is 2.38. The number of carbonyl (C=O) groups is 1. The molecule has 1 saturated heterocycles. The first kappa shape index (κ1) is 26.6. The minimum Gasteiger partial charge on any atom is -0.350 e. The minimum atomic E-state index is 0.142. The summed E-state index contributed by atoms with van der Waals surface area (Å²) < 4.78 is 1.83. The van der Waals surface area contributed by atoms with E-state index >= 15 is 0 Å². The number of nitrogens with two attached hydrogens (primary N) is 1. The Morgan fingerprint density at radius 2 is 1.86 bits per heavy atom. The molecule has 42 heavy (non-hydrogen) atoms. The molecule has 1 saturated carbocycles. The van der Waals surface area contributed by atoms with Gasteiger partial charge < -0.3 is 21.3 Å². The SMILES string of the molecule is CC(C)c1cnn2c(NCc3ccccc3C3=Cc4cccc(NC(=O)C5CC5)c4C3)nc(N3CCC(N)CC3)nc12. The van der Waals surface area contributed by atoms with Gasteiger partial charge in [-0.2, -0.15) is 19.6 Å². The molecular weight excluding hydrogens is 524 g/mol. The largest absolute Gasteiger partial charge is 0.350 e. The summed E-state index contributed by atoms with van der Waals surface area (Å²) in [6.45, 7) is 6.62. The number of nitrogens with one attached hydrogen (secondary N) is 2. The Bertz CT molecular complexity index is 1680. The molecule has 2 aromatic heterocycles. The summed E-state index contributed by atoms with van der Waals surface area (Å²) in [5.41, 5.74) is 15.0. The van der Waals surface area contributed by atoms with E-state index in [9.17, 15) is 4.79 Å². The highest BCUT2D eigenvalue weighted by atomic mass is 16.2. The van der Waals surface area contributed by atoms with Crippen LogP contribution in [0.25, 0.3) is 17.3 Å². The van der Waals surface area contributed by atoms with Crippen molar-refractivity contribution in [2.75, 3.05) is 28.6 Å². The van der Waals surface area contributed by atoms with Crippen LogP contribution in [0.5, 0.6) is 0 Å². The Kier molecular flexibility index (Phi) is 6.90. The maximum Gasteiger partial charge on any atom is 0.230 e. The normalized spacial score (nSPS) is 17.0. The van der Waals surface area contributed by atoms with Crippen LogP contribution in [0.15, 0.2) is 48.7 Å². The second kappa shape index (κ2) is 10.9. The third-order valence-electron chi connectivity index (χ3n) is 8.74. The molecule has 9 nitrogen and oxygen atoms in total. The highest BCUT2D eigenvalue weighted by Gasteiger charge is 2.30. The fraction of sp³-hybridized carbons (Fsp3) is 0.394. The quantitative estimate of drug-likeness (QED) is 0.269. The van der Waals surface area contributed by atoms with Gasteiger partial charge >= 0.3 is 0 Å². The zero-order valence-corrected chi connectivity index (χ0v) is 24.3. The van der Waals surface area contributed by atoms with Gasteiger partial charge in [0.25, 0.3) is 0 Å². The molecule has 0 bridgehead atoms. The van der Waals surface area contributed by atoms with Crippen molar-refractivity contribution < 1.29 is 4.79 Å². The molecule has 2 aromatic carbocycles.